The molecule has 3 amide bonds. The third-order valence-corrected chi connectivity index (χ3v) is 6.74. The molecule has 0 saturated heterocycles. The van der Waals surface area contributed by atoms with Crippen LogP contribution in [0.3, 0.4) is 0 Å². The standard InChI is InChI=1S/C26H42N4O6S/c1-6-16(4)22(26(35)36)30-25(34)21(14-17-7-9-18(31)10-8-17)29-24(33)20(11-12-37-5)28-23(32)19(27)13-15(2)3/h7-10,15-16,19-22,31H,6,11-14,27H2,1-5H3,(H,28,32)(H,29,33)(H,30,34)(H,35,36). The number of carbonyl (C=O) groups is 4. The maximum absolute atomic E-state index is 13.3. The lowest BCUT2D eigenvalue weighted by atomic mass is 9.98. The molecule has 5 unspecified atom stereocenters. The largest absolute Gasteiger partial charge is 0.508 e. The van der Waals surface area contributed by atoms with Crippen LogP contribution < -0.4 is 21.7 Å². The highest BCUT2D eigenvalue weighted by Gasteiger charge is 2.32. The number of phenolic OH excluding ortho intramolecular Hbond substituents is 1. The van der Waals surface area contributed by atoms with Gasteiger partial charge in [-0.2, -0.15) is 11.8 Å². The number of carbonyl (C=O) groups excluding carboxylic acids is 3. The lowest BCUT2D eigenvalue weighted by Gasteiger charge is -2.27. The van der Waals surface area contributed by atoms with Crippen LogP contribution in [0.1, 0.15) is 52.5 Å². The van der Waals surface area contributed by atoms with Crippen LogP contribution in [0.25, 0.3) is 0 Å². The summed E-state index contributed by atoms with van der Waals surface area (Å²) in [4.78, 5) is 50.9. The molecule has 0 aromatic heterocycles. The number of hydrogen-bond donors (Lipinski definition) is 6. The first-order valence-corrected chi connectivity index (χ1v) is 13.9. The average molecular weight is 539 g/mol. The summed E-state index contributed by atoms with van der Waals surface area (Å²) in [6, 6.07) is 2.22. The lowest BCUT2D eigenvalue weighted by Crippen LogP contribution is -2.58. The Hall–Kier alpha value is -2.79. The Morgan fingerprint density at radius 3 is 2.03 bits per heavy atom. The third kappa shape index (κ3) is 11.4. The Morgan fingerprint density at radius 2 is 1.51 bits per heavy atom. The number of nitrogens with two attached hydrogens (primary N) is 1. The van der Waals surface area contributed by atoms with Crippen molar-refractivity contribution >= 4 is 35.5 Å². The molecule has 1 rings (SSSR count). The molecule has 208 valence electrons. The number of hydrogen-bond acceptors (Lipinski definition) is 7. The van der Waals surface area contributed by atoms with E-state index in [1.807, 2.05) is 27.0 Å². The van der Waals surface area contributed by atoms with Crippen molar-refractivity contribution in [2.45, 2.75) is 77.5 Å². The molecule has 1 aromatic rings. The monoisotopic (exact) mass is 538 g/mol. The van der Waals surface area contributed by atoms with E-state index in [0.29, 0.717) is 30.6 Å². The Bertz CT molecular complexity index is 896. The Balaban J connectivity index is 3.15. The number of carboxylic acids is 1. The number of benzene rings is 1. The van der Waals surface area contributed by atoms with Gasteiger partial charge in [0.25, 0.3) is 0 Å². The highest BCUT2D eigenvalue weighted by atomic mass is 32.2. The van der Waals surface area contributed by atoms with E-state index in [2.05, 4.69) is 16.0 Å². The van der Waals surface area contributed by atoms with Crippen molar-refractivity contribution in [3.8, 4) is 5.75 Å². The van der Waals surface area contributed by atoms with Crippen LogP contribution in [0.2, 0.25) is 0 Å². The maximum Gasteiger partial charge on any atom is 0.326 e. The fourth-order valence-corrected chi connectivity index (χ4v) is 4.16. The van der Waals surface area contributed by atoms with Crippen molar-refractivity contribution in [3.63, 3.8) is 0 Å². The van der Waals surface area contributed by atoms with E-state index in [-0.39, 0.29) is 24.0 Å². The zero-order valence-corrected chi connectivity index (χ0v) is 23.1. The van der Waals surface area contributed by atoms with Gasteiger partial charge in [0, 0.05) is 6.42 Å². The van der Waals surface area contributed by atoms with Crippen molar-refractivity contribution in [1.82, 2.24) is 16.0 Å². The van der Waals surface area contributed by atoms with E-state index in [1.54, 1.807) is 19.1 Å². The number of phenols is 1. The summed E-state index contributed by atoms with van der Waals surface area (Å²) in [6.45, 7) is 7.44. The van der Waals surface area contributed by atoms with Gasteiger partial charge in [-0.1, -0.05) is 46.2 Å². The highest BCUT2D eigenvalue weighted by molar-refractivity contribution is 7.98. The van der Waals surface area contributed by atoms with Crippen molar-refractivity contribution < 1.29 is 29.4 Å². The molecule has 0 heterocycles. The summed E-state index contributed by atoms with van der Waals surface area (Å²) in [6.07, 6.45) is 3.25. The van der Waals surface area contributed by atoms with Crippen LogP contribution in [-0.4, -0.2) is 70.1 Å². The number of thioether (sulfide) groups is 1. The van der Waals surface area contributed by atoms with Gasteiger partial charge in [0.2, 0.25) is 17.7 Å². The molecule has 10 nitrogen and oxygen atoms in total. The summed E-state index contributed by atoms with van der Waals surface area (Å²) in [5, 5.41) is 27.2. The topological polar surface area (TPSA) is 171 Å². The average Bonchev–Trinajstić information content (AvgIpc) is 2.84. The van der Waals surface area contributed by atoms with Crippen molar-refractivity contribution in [2.75, 3.05) is 12.0 Å². The quantitative estimate of drug-likeness (QED) is 0.184. The smallest absolute Gasteiger partial charge is 0.326 e. The summed E-state index contributed by atoms with van der Waals surface area (Å²) in [5.74, 6) is -2.32. The van der Waals surface area contributed by atoms with E-state index in [1.165, 1.54) is 23.9 Å². The summed E-state index contributed by atoms with van der Waals surface area (Å²) in [7, 11) is 0. The highest BCUT2D eigenvalue weighted by Crippen LogP contribution is 2.14. The summed E-state index contributed by atoms with van der Waals surface area (Å²) in [5.41, 5.74) is 6.64. The van der Waals surface area contributed by atoms with Gasteiger partial charge in [-0.25, -0.2) is 4.79 Å². The van der Waals surface area contributed by atoms with Gasteiger partial charge in [0.1, 0.15) is 23.9 Å². The summed E-state index contributed by atoms with van der Waals surface area (Å²) >= 11 is 1.51. The van der Waals surface area contributed by atoms with Gasteiger partial charge < -0.3 is 31.9 Å². The first-order chi connectivity index (χ1) is 17.4. The minimum Gasteiger partial charge on any atom is -0.508 e. The molecule has 0 aliphatic carbocycles. The summed E-state index contributed by atoms with van der Waals surface area (Å²) < 4.78 is 0. The molecule has 0 aliphatic heterocycles. The molecule has 0 fully saturated rings. The normalized spacial score (nSPS) is 15.2. The molecule has 37 heavy (non-hydrogen) atoms. The predicted molar refractivity (Wildman–Crippen MR) is 145 cm³/mol. The van der Waals surface area contributed by atoms with Gasteiger partial charge in [0.15, 0.2) is 0 Å². The van der Waals surface area contributed by atoms with Gasteiger partial charge in [-0.15, -0.1) is 0 Å². The van der Waals surface area contributed by atoms with Crippen molar-refractivity contribution in [2.24, 2.45) is 17.6 Å². The number of nitrogens with one attached hydrogen (secondary N) is 3. The van der Waals surface area contributed by atoms with Gasteiger partial charge in [0.05, 0.1) is 6.04 Å². The van der Waals surface area contributed by atoms with E-state index in [0.717, 1.165) is 0 Å². The van der Waals surface area contributed by atoms with Crippen LogP contribution in [0.15, 0.2) is 24.3 Å². The fourth-order valence-electron chi connectivity index (χ4n) is 3.68. The van der Waals surface area contributed by atoms with Gasteiger partial charge in [-0.05, 0) is 54.4 Å². The molecule has 7 N–H and O–H groups in total. The molecular weight excluding hydrogens is 496 g/mol. The van der Waals surface area contributed by atoms with E-state index in [4.69, 9.17) is 5.73 Å². The first kappa shape index (κ1) is 32.2. The zero-order chi connectivity index (χ0) is 28.1. The minimum atomic E-state index is -1.17. The van der Waals surface area contributed by atoms with Crippen LogP contribution in [0, 0.1) is 11.8 Å². The molecule has 11 heteroatoms. The zero-order valence-electron chi connectivity index (χ0n) is 22.3. The Morgan fingerprint density at radius 1 is 0.946 bits per heavy atom. The lowest BCUT2D eigenvalue weighted by molar-refractivity contribution is -0.143. The van der Waals surface area contributed by atoms with Crippen LogP contribution in [-0.2, 0) is 25.6 Å². The number of amides is 3. The predicted octanol–water partition coefficient (Wildman–Crippen LogP) is 1.65. The second-order valence-electron chi connectivity index (χ2n) is 9.72. The van der Waals surface area contributed by atoms with Crippen LogP contribution in [0.4, 0.5) is 0 Å². The Kier molecular flexibility index (Phi) is 14.1. The molecule has 5 atom stereocenters. The van der Waals surface area contributed by atoms with Gasteiger partial charge >= 0.3 is 5.97 Å². The van der Waals surface area contributed by atoms with E-state index < -0.39 is 47.9 Å². The number of carboxylic acid groups (broad SMARTS) is 1. The van der Waals surface area contributed by atoms with Gasteiger partial charge in [-0.3, -0.25) is 14.4 Å². The minimum absolute atomic E-state index is 0.0501. The first-order valence-electron chi connectivity index (χ1n) is 12.6. The van der Waals surface area contributed by atoms with Crippen molar-refractivity contribution in [1.29, 1.82) is 0 Å². The van der Waals surface area contributed by atoms with E-state index >= 15 is 0 Å². The molecule has 0 spiro atoms. The van der Waals surface area contributed by atoms with Crippen molar-refractivity contribution in [3.05, 3.63) is 29.8 Å². The van der Waals surface area contributed by atoms with Crippen LogP contribution >= 0.6 is 11.8 Å². The SMILES string of the molecule is CCC(C)C(NC(=O)C(Cc1ccc(O)cc1)NC(=O)C(CCSC)NC(=O)C(N)CC(C)C)C(=O)O. The molecule has 0 bridgehead atoms. The fraction of sp³-hybridized carbons (Fsp3) is 0.615. The number of aromatic hydroxyl groups is 1. The molecule has 0 aliphatic rings. The Labute approximate surface area is 223 Å². The third-order valence-electron chi connectivity index (χ3n) is 6.09. The molecule has 0 radical (unpaired) electrons. The number of rotatable bonds is 16. The second kappa shape index (κ2) is 16.1. The molecule has 0 saturated carbocycles. The maximum atomic E-state index is 13.3. The van der Waals surface area contributed by atoms with E-state index in [9.17, 15) is 29.4 Å². The molecule has 1 aromatic carbocycles. The van der Waals surface area contributed by atoms with Crippen LogP contribution in [0.5, 0.6) is 5.75 Å². The molecular formula is C26H42N4O6S. The number of aliphatic carboxylic acids is 1. The second-order valence-corrected chi connectivity index (χ2v) is 10.7.